The van der Waals surface area contributed by atoms with E-state index in [4.69, 9.17) is 10.5 Å². The monoisotopic (exact) mass is 255 g/mol. The number of carbonyl (C=O) groups is 1. The molecule has 5 heteroatoms. The zero-order chi connectivity index (χ0) is 13.2. The molecule has 2 aromatic rings. The van der Waals surface area contributed by atoms with E-state index in [1.54, 1.807) is 11.0 Å². The van der Waals surface area contributed by atoms with Crippen LogP contribution >= 0.6 is 0 Å². The maximum absolute atomic E-state index is 12.0. The maximum Gasteiger partial charge on any atom is 0.265 e. The number of amides is 1. The van der Waals surface area contributed by atoms with Crippen molar-refractivity contribution in [3.05, 3.63) is 48.2 Å². The van der Waals surface area contributed by atoms with Crippen LogP contribution in [-0.4, -0.2) is 17.5 Å². The maximum atomic E-state index is 12.0. The lowest BCUT2D eigenvalue weighted by atomic mass is 10.2. The van der Waals surface area contributed by atoms with Crippen LogP contribution in [0.2, 0.25) is 0 Å². The molecule has 0 radical (unpaired) electrons. The van der Waals surface area contributed by atoms with Gasteiger partial charge in [0.2, 0.25) is 0 Å². The molecule has 2 N–H and O–H groups in total. The van der Waals surface area contributed by atoms with Crippen LogP contribution in [0.4, 0.5) is 11.5 Å². The number of nitrogen functional groups attached to an aromatic ring is 1. The van der Waals surface area contributed by atoms with Gasteiger partial charge in [0.25, 0.3) is 5.91 Å². The molecule has 2 heterocycles. The second kappa shape index (κ2) is 4.61. The number of ether oxygens (including phenoxy) is 1. The number of hydrogen-bond acceptors (Lipinski definition) is 4. The second-order valence-electron chi connectivity index (χ2n) is 4.29. The first kappa shape index (κ1) is 11.5. The van der Waals surface area contributed by atoms with Crippen LogP contribution in [0, 0.1) is 0 Å². The number of nitrogens with zero attached hydrogens (tertiary/aromatic N) is 2. The average Bonchev–Trinajstić information content (AvgIpc) is 2.42. The summed E-state index contributed by atoms with van der Waals surface area (Å²) in [6, 6.07) is 12.9. The molecule has 96 valence electrons. The van der Waals surface area contributed by atoms with Crippen molar-refractivity contribution < 1.29 is 9.53 Å². The van der Waals surface area contributed by atoms with Gasteiger partial charge in [0.05, 0.1) is 17.9 Å². The van der Waals surface area contributed by atoms with Crippen LogP contribution < -0.4 is 15.4 Å². The zero-order valence-corrected chi connectivity index (χ0v) is 10.2. The van der Waals surface area contributed by atoms with Crippen molar-refractivity contribution in [1.29, 1.82) is 0 Å². The highest BCUT2D eigenvalue weighted by molar-refractivity contribution is 5.97. The van der Waals surface area contributed by atoms with E-state index in [2.05, 4.69) is 4.98 Å². The molecule has 3 rings (SSSR count). The first-order chi connectivity index (χ1) is 9.24. The Morgan fingerprint density at radius 1 is 1.21 bits per heavy atom. The van der Waals surface area contributed by atoms with Crippen molar-refractivity contribution in [2.75, 3.05) is 17.2 Å². The van der Waals surface area contributed by atoms with Crippen LogP contribution in [0.1, 0.15) is 5.69 Å². The Kier molecular flexibility index (Phi) is 2.79. The third-order valence-corrected chi connectivity index (χ3v) is 2.96. The van der Waals surface area contributed by atoms with Crippen LogP contribution in [0.3, 0.4) is 0 Å². The molecule has 0 bridgehead atoms. The number of anilines is 2. The third-order valence-electron chi connectivity index (χ3n) is 2.96. The number of hydrogen-bond donors (Lipinski definition) is 1. The molecule has 1 aliphatic rings. The number of carbonyl (C=O) groups excluding carboxylic acids is 1. The first-order valence-corrected chi connectivity index (χ1v) is 5.97. The fourth-order valence-corrected chi connectivity index (χ4v) is 2.08. The molecule has 0 fully saturated rings. The summed E-state index contributed by atoms with van der Waals surface area (Å²) in [5, 5.41) is 0. The van der Waals surface area contributed by atoms with E-state index in [-0.39, 0.29) is 12.5 Å². The summed E-state index contributed by atoms with van der Waals surface area (Å²) in [5.41, 5.74) is 7.18. The van der Waals surface area contributed by atoms with Gasteiger partial charge < -0.3 is 10.5 Å². The summed E-state index contributed by atoms with van der Waals surface area (Å²) >= 11 is 0. The fraction of sp³-hybridized carbons (Fsp3) is 0.143. The van der Waals surface area contributed by atoms with Gasteiger partial charge in [-0.1, -0.05) is 18.2 Å². The molecule has 0 saturated carbocycles. The van der Waals surface area contributed by atoms with Crippen molar-refractivity contribution in [2.45, 2.75) is 6.54 Å². The number of rotatable bonds is 2. The molecule has 0 spiro atoms. The van der Waals surface area contributed by atoms with Gasteiger partial charge in [0.1, 0.15) is 11.6 Å². The van der Waals surface area contributed by atoms with Gasteiger partial charge in [0.15, 0.2) is 6.61 Å². The Hall–Kier alpha value is -2.56. The first-order valence-electron chi connectivity index (χ1n) is 5.97. The minimum absolute atomic E-state index is 0.0549. The predicted molar refractivity (Wildman–Crippen MR) is 71.8 cm³/mol. The largest absolute Gasteiger partial charge is 0.482 e. The molecule has 19 heavy (non-hydrogen) atoms. The number of benzene rings is 1. The lowest BCUT2D eigenvalue weighted by Crippen LogP contribution is -2.38. The SMILES string of the molecule is Nc1cccc(CN2C(=O)COc3ccccc32)n1. The number of pyridine rings is 1. The lowest BCUT2D eigenvalue weighted by molar-refractivity contribution is -0.121. The predicted octanol–water partition coefficient (Wildman–Crippen LogP) is 1.59. The van der Waals surface area contributed by atoms with Gasteiger partial charge in [-0.2, -0.15) is 0 Å². The minimum atomic E-state index is -0.0806. The van der Waals surface area contributed by atoms with Gasteiger partial charge in [0, 0.05) is 0 Å². The van der Waals surface area contributed by atoms with Crippen LogP contribution in [0.15, 0.2) is 42.5 Å². The smallest absolute Gasteiger partial charge is 0.265 e. The molecule has 0 unspecified atom stereocenters. The molecule has 5 nitrogen and oxygen atoms in total. The molecular formula is C14H13N3O2. The van der Waals surface area contributed by atoms with E-state index in [1.807, 2.05) is 36.4 Å². The zero-order valence-electron chi connectivity index (χ0n) is 10.2. The summed E-state index contributed by atoms with van der Waals surface area (Å²) in [7, 11) is 0. The standard InChI is InChI=1S/C14H13N3O2/c15-13-7-3-4-10(16-13)8-17-11-5-1-2-6-12(11)19-9-14(17)18/h1-7H,8-9H2,(H2,15,16). The summed E-state index contributed by atoms with van der Waals surface area (Å²) in [4.78, 5) is 17.9. The van der Waals surface area contributed by atoms with E-state index >= 15 is 0 Å². The van der Waals surface area contributed by atoms with Gasteiger partial charge in [-0.05, 0) is 24.3 Å². The van der Waals surface area contributed by atoms with Gasteiger partial charge in [-0.3, -0.25) is 9.69 Å². The summed E-state index contributed by atoms with van der Waals surface area (Å²) in [6.07, 6.45) is 0. The average molecular weight is 255 g/mol. The highest BCUT2D eigenvalue weighted by Crippen LogP contribution is 2.32. The molecule has 0 aliphatic carbocycles. The van der Waals surface area contributed by atoms with Crippen molar-refractivity contribution in [3.63, 3.8) is 0 Å². The quantitative estimate of drug-likeness (QED) is 0.884. The van der Waals surface area contributed by atoms with E-state index in [0.29, 0.717) is 18.1 Å². The van der Waals surface area contributed by atoms with E-state index in [0.717, 1.165) is 11.4 Å². The van der Waals surface area contributed by atoms with Gasteiger partial charge in [-0.15, -0.1) is 0 Å². The molecule has 1 aromatic carbocycles. The summed E-state index contributed by atoms with van der Waals surface area (Å²) < 4.78 is 5.39. The number of para-hydroxylation sites is 2. The van der Waals surface area contributed by atoms with Gasteiger partial charge in [-0.25, -0.2) is 4.98 Å². The molecular weight excluding hydrogens is 242 g/mol. The Labute approximate surface area is 110 Å². The molecule has 1 aliphatic heterocycles. The Bertz CT molecular complexity index is 628. The topological polar surface area (TPSA) is 68.5 Å². The van der Waals surface area contributed by atoms with Crippen molar-refractivity contribution in [1.82, 2.24) is 4.98 Å². The van der Waals surface area contributed by atoms with E-state index in [9.17, 15) is 4.79 Å². The number of aromatic nitrogens is 1. The fourth-order valence-electron chi connectivity index (χ4n) is 2.08. The normalized spacial score (nSPS) is 13.9. The van der Waals surface area contributed by atoms with Crippen molar-refractivity contribution in [2.24, 2.45) is 0 Å². The van der Waals surface area contributed by atoms with E-state index < -0.39 is 0 Å². The molecule has 0 saturated heterocycles. The van der Waals surface area contributed by atoms with Gasteiger partial charge >= 0.3 is 0 Å². The van der Waals surface area contributed by atoms with Crippen molar-refractivity contribution >= 4 is 17.4 Å². The number of nitrogens with two attached hydrogens (primary N) is 1. The molecule has 1 aromatic heterocycles. The Morgan fingerprint density at radius 3 is 2.89 bits per heavy atom. The Morgan fingerprint density at radius 2 is 2.05 bits per heavy atom. The number of fused-ring (bicyclic) bond motifs is 1. The van der Waals surface area contributed by atoms with E-state index in [1.165, 1.54) is 0 Å². The lowest BCUT2D eigenvalue weighted by Gasteiger charge is -2.29. The van der Waals surface area contributed by atoms with Crippen LogP contribution in [0.5, 0.6) is 5.75 Å². The molecule has 1 amide bonds. The highest BCUT2D eigenvalue weighted by atomic mass is 16.5. The second-order valence-corrected chi connectivity index (χ2v) is 4.29. The Balaban J connectivity index is 1.94. The summed E-state index contributed by atoms with van der Waals surface area (Å²) in [5.74, 6) is 1.08. The van der Waals surface area contributed by atoms with Crippen LogP contribution in [-0.2, 0) is 11.3 Å². The molecule has 0 atom stereocenters. The minimum Gasteiger partial charge on any atom is -0.482 e. The third kappa shape index (κ3) is 2.22. The van der Waals surface area contributed by atoms with Crippen molar-refractivity contribution in [3.8, 4) is 5.75 Å². The van der Waals surface area contributed by atoms with Crippen LogP contribution in [0.25, 0.3) is 0 Å². The highest BCUT2D eigenvalue weighted by Gasteiger charge is 2.25. The summed E-state index contributed by atoms with van der Waals surface area (Å²) in [6.45, 7) is 0.448.